The number of hydrogen-bond acceptors (Lipinski definition) is 4. The van der Waals surface area contributed by atoms with Crippen molar-refractivity contribution in [2.75, 3.05) is 6.79 Å². The van der Waals surface area contributed by atoms with Gasteiger partial charge in [0.25, 0.3) is 0 Å². The van der Waals surface area contributed by atoms with Crippen molar-refractivity contribution in [3.05, 3.63) is 41.0 Å². The van der Waals surface area contributed by atoms with Crippen LogP contribution in [0.25, 0.3) is 0 Å². The predicted octanol–water partition coefficient (Wildman–Crippen LogP) is 4.03. The Morgan fingerprint density at radius 3 is 2.43 bits per heavy atom. The highest BCUT2D eigenvalue weighted by molar-refractivity contribution is 5.64. The Morgan fingerprint density at radius 2 is 1.65 bits per heavy atom. The molecule has 0 unspecified atom stereocenters. The van der Waals surface area contributed by atoms with Crippen molar-refractivity contribution in [3.8, 4) is 28.7 Å². The SMILES string of the molecule is Oc1ccc2c(c1)CCc1cc(C(F)(F)F)c3c(c1O2)OCO3. The van der Waals surface area contributed by atoms with Crippen LogP contribution >= 0.6 is 0 Å². The highest BCUT2D eigenvalue weighted by Gasteiger charge is 2.40. The molecule has 4 rings (SSSR count). The lowest BCUT2D eigenvalue weighted by molar-refractivity contribution is -0.138. The molecule has 0 aliphatic carbocycles. The molecule has 0 saturated carbocycles. The zero-order valence-electron chi connectivity index (χ0n) is 11.7. The van der Waals surface area contributed by atoms with Gasteiger partial charge in [0.15, 0.2) is 11.5 Å². The summed E-state index contributed by atoms with van der Waals surface area (Å²) >= 11 is 0. The number of halogens is 3. The summed E-state index contributed by atoms with van der Waals surface area (Å²) in [5.41, 5.74) is 0.265. The van der Waals surface area contributed by atoms with E-state index >= 15 is 0 Å². The number of aromatic hydroxyl groups is 1. The summed E-state index contributed by atoms with van der Waals surface area (Å²) in [5, 5.41) is 9.55. The molecule has 0 radical (unpaired) electrons. The van der Waals surface area contributed by atoms with Crippen LogP contribution in [0.15, 0.2) is 24.3 Å². The first kappa shape index (κ1) is 14.0. The smallest absolute Gasteiger partial charge is 0.420 e. The van der Waals surface area contributed by atoms with E-state index in [0.29, 0.717) is 24.2 Å². The largest absolute Gasteiger partial charge is 0.508 e. The average molecular weight is 324 g/mol. The molecule has 0 amide bonds. The Kier molecular flexibility index (Phi) is 2.88. The van der Waals surface area contributed by atoms with E-state index in [2.05, 4.69) is 0 Å². The Morgan fingerprint density at radius 1 is 0.913 bits per heavy atom. The van der Waals surface area contributed by atoms with Crippen molar-refractivity contribution in [2.45, 2.75) is 19.0 Å². The number of alkyl halides is 3. The molecule has 0 bridgehead atoms. The van der Waals surface area contributed by atoms with Crippen LogP contribution in [0.5, 0.6) is 28.7 Å². The maximum Gasteiger partial charge on any atom is 0.420 e. The number of ether oxygens (including phenoxy) is 3. The van der Waals surface area contributed by atoms with Gasteiger partial charge in [-0.2, -0.15) is 13.2 Å². The van der Waals surface area contributed by atoms with Crippen LogP contribution < -0.4 is 14.2 Å². The van der Waals surface area contributed by atoms with E-state index in [-0.39, 0.29) is 29.8 Å². The Labute approximate surface area is 129 Å². The van der Waals surface area contributed by atoms with Gasteiger partial charge in [-0.15, -0.1) is 0 Å². The molecule has 4 nitrogen and oxygen atoms in total. The van der Waals surface area contributed by atoms with E-state index in [0.717, 1.165) is 11.6 Å². The highest BCUT2D eigenvalue weighted by atomic mass is 19.4. The van der Waals surface area contributed by atoms with Gasteiger partial charge in [-0.05, 0) is 48.2 Å². The third-order valence-corrected chi connectivity index (χ3v) is 3.90. The summed E-state index contributed by atoms with van der Waals surface area (Å²) in [6.45, 7) is -0.277. The minimum absolute atomic E-state index is 0.0178. The van der Waals surface area contributed by atoms with E-state index in [1.165, 1.54) is 6.07 Å². The minimum Gasteiger partial charge on any atom is -0.508 e. The molecule has 2 aliphatic heterocycles. The van der Waals surface area contributed by atoms with Gasteiger partial charge in [-0.3, -0.25) is 0 Å². The fourth-order valence-corrected chi connectivity index (χ4v) is 2.85. The van der Waals surface area contributed by atoms with Crippen LogP contribution in [0.2, 0.25) is 0 Å². The Bertz CT molecular complexity index is 799. The first-order chi connectivity index (χ1) is 10.9. The average Bonchev–Trinajstić information content (AvgIpc) is 2.89. The number of rotatable bonds is 0. The molecule has 2 aromatic carbocycles. The summed E-state index contributed by atoms with van der Waals surface area (Å²) in [5.74, 6) is 0.460. The molecule has 0 fully saturated rings. The van der Waals surface area contributed by atoms with Crippen LogP contribution in [-0.2, 0) is 19.0 Å². The van der Waals surface area contributed by atoms with Gasteiger partial charge in [0.1, 0.15) is 17.1 Å². The maximum atomic E-state index is 13.2. The second kappa shape index (κ2) is 4.71. The number of aryl methyl sites for hydroxylation is 2. The summed E-state index contributed by atoms with van der Waals surface area (Å²) in [6, 6.07) is 5.64. The number of benzene rings is 2. The topological polar surface area (TPSA) is 47.9 Å². The molecule has 2 aromatic rings. The van der Waals surface area contributed by atoms with Gasteiger partial charge in [0.05, 0.1) is 0 Å². The monoisotopic (exact) mass is 324 g/mol. The summed E-state index contributed by atoms with van der Waals surface area (Å²) < 4.78 is 55.7. The van der Waals surface area contributed by atoms with Crippen molar-refractivity contribution in [3.63, 3.8) is 0 Å². The molecule has 2 heterocycles. The van der Waals surface area contributed by atoms with Gasteiger partial charge < -0.3 is 19.3 Å². The molecule has 0 spiro atoms. The number of phenolic OH excluding ortho intramolecular Hbond substituents is 1. The van der Waals surface area contributed by atoms with Crippen LogP contribution in [-0.4, -0.2) is 11.9 Å². The molecule has 0 atom stereocenters. The summed E-state index contributed by atoms with van der Waals surface area (Å²) in [4.78, 5) is 0. The predicted molar refractivity (Wildman–Crippen MR) is 73.2 cm³/mol. The standard InChI is InChI=1S/C16H11F3O4/c17-16(18,19)11-6-9-2-1-8-5-10(20)3-4-12(8)23-13(9)15-14(11)21-7-22-15/h3-6,20H,1-2,7H2. The minimum atomic E-state index is -4.54. The van der Waals surface area contributed by atoms with E-state index in [4.69, 9.17) is 14.2 Å². The third kappa shape index (κ3) is 2.23. The summed E-state index contributed by atoms with van der Waals surface area (Å²) in [6.07, 6.45) is -3.75. The molecule has 0 aromatic heterocycles. The first-order valence-electron chi connectivity index (χ1n) is 6.96. The quantitative estimate of drug-likeness (QED) is 0.795. The fraction of sp³-hybridized carbons (Fsp3) is 0.250. The van der Waals surface area contributed by atoms with Gasteiger partial charge >= 0.3 is 6.18 Å². The normalized spacial score (nSPS) is 15.4. The fourth-order valence-electron chi connectivity index (χ4n) is 2.85. The molecule has 120 valence electrons. The van der Waals surface area contributed by atoms with Crippen molar-refractivity contribution >= 4 is 0 Å². The second-order valence-corrected chi connectivity index (χ2v) is 5.37. The van der Waals surface area contributed by atoms with Crippen molar-refractivity contribution < 1.29 is 32.5 Å². The van der Waals surface area contributed by atoms with Crippen LogP contribution in [0.1, 0.15) is 16.7 Å². The lowest BCUT2D eigenvalue weighted by Crippen LogP contribution is -2.08. The molecular formula is C16H11F3O4. The maximum absolute atomic E-state index is 13.2. The lowest BCUT2D eigenvalue weighted by atomic mass is 10.0. The Balaban J connectivity index is 1.89. The van der Waals surface area contributed by atoms with E-state index in [1.54, 1.807) is 12.1 Å². The second-order valence-electron chi connectivity index (χ2n) is 5.37. The molecule has 1 N–H and O–H groups in total. The van der Waals surface area contributed by atoms with Gasteiger partial charge in [-0.25, -0.2) is 0 Å². The molecule has 7 heteroatoms. The van der Waals surface area contributed by atoms with Crippen molar-refractivity contribution in [1.82, 2.24) is 0 Å². The Hall–Kier alpha value is -2.57. The highest BCUT2D eigenvalue weighted by Crippen LogP contribution is 2.53. The number of phenols is 1. The van der Waals surface area contributed by atoms with Crippen LogP contribution in [0.3, 0.4) is 0 Å². The van der Waals surface area contributed by atoms with Crippen molar-refractivity contribution in [1.29, 1.82) is 0 Å². The van der Waals surface area contributed by atoms with E-state index in [9.17, 15) is 18.3 Å². The molecule has 0 saturated heterocycles. The third-order valence-electron chi connectivity index (χ3n) is 3.90. The van der Waals surface area contributed by atoms with Gasteiger partial charge in [0, 0.05) is 0 Å². The van der Waals surface area contributed by atoms with E-state index < -0.39 is 11.7 Å². The van der Waals surface area contributed by atoms with E-state index in [1.807, 2.05) is 0 Å². The zero-order valence-corrected chi connectivity index (χ0v) is 11.7. The number of fused-ring (bicyclic) bond motifs is 4. The molecule has 2 aliphatic rings. The van der Waals surface area contributed by atoms with Crippen molar-refractivity contribution in [2.24, 2.45) is 0 Å². The first-order valence-corrected chi connectivity index (χ1v) is 6.96. The van der Waals surface area contributed by atoms with Crippen LogP contribution in [0.4, 0.5) is 13.2 Å². The summed E-state index contributed by atoms with van der Waals surface area (Å²) in [7, 11) is 0. The van der Waals surface area contributed by atoms with Crippen LogP contribution in [0, 0.1) is 0 Å². The number of hydrogen-bond donors (Lipinski definition) is 1. The van der Waals surface area contributed by atoms with Gasteiger partial charge in [-0.1, -0.05) is 0 Å². The molecular weight excluding hydrogens is 313 g/mol. The zero-order chi connectivity index (χ0) is 16.2. The lowest BCUT2D eigenvalue weighted by Gasteiger charge is -2.15. The van der Waals surface area contributed by atoms with Gasteiger partial charge in [0.2, 0.25) is 12.5 Å². The molecule has 23 heavy (non-hydrogen) atoms.